The minimum atomic E-state index is -0.368. The van der Waals surface area contributed by atoms with Crippen molar-refractivity contribution in [3.05, 3.63) is 29.6 Å². The number of esters is 1. The second-order valence-corrected chi connectivity index (χ2v) is 5.48. The standard InChI is InChI=1S/C16H22N2O3/c1-12-6-5-9-17-14(12)10-15(19)18(11-16(20)21-2)13-7-3-4-8-13/h5-6,9,13H,3-4,7-8,10-11H2,1-2H3. The van der Waals surface area contributed by atoms with E-state index in [1.807, 2.05) is 19.1 Å². The fourth-order valence-corrected chi connectivity index (χ4v) is 2.79. The topological polar surface area (TPSA) is 59.5 Å². The second-order valence-electron chi connectivity index (χ2n) is 5.48. The summed E-state index contributed by atoms with van der Waals surface area (Å²) in [7, 11) is 1.35. The molecule has 0 unspecified atom stereocenters. The first kappa shape index (κ1) is 15.5. The number of pyridine rings is 1. The van der Waals surface area contributed by atoms with Crippen LogP contribution in [0.2, 0.25) is 0 Å². The van der Waals surface area contributed by atoms with Crippen molar-refractivity contribution < 1.29 is 14.3 Å². The van der Waals surface area contributed by atoms with E-state index in [1.165, 1.54) is 7.11 Å². The average molecular weight is 290 g/mol. The first-order valence-electron chi connectivity index (χ1n) is 7.38. The van der Waals surface area contributed by atoms with Gasteiger partial charge in [-0.1, -0.05) is 18.9 Å². The van der Waals surface area contributed by atoms with Crippen molar-refractivity contribution in [2.45, 2.75) is 45.1 Å². The zero-order chi connectivity index (χ0) is 15.2. The molecule has 1 aromatic rings. The average Bonchev–Trinajstić information content (AvgIpc) is 3.00. The van der Waals surface area contributed by atoms with E-state index in [0.717, 1.165) is 36.9 Å². The molecular formula is C16H22N2O3. The third kappa shape index (κ3) is 4.03. The van der Waals surface area contributed by atoms with E-state index < -0.39 is 0 Å². The Hall–Kier alpha value is -1.91. The molecule has 1 saturated carbocycles. The predicted molar refractivity (Wildman–Crippen MR) is 78.7 cm³/mol. The molecule has 1 aromatic heterocycles. The molecule has 0 spiro atoms. The molecule has 2 rings (SSSR count). The van der Waals surface area contributed by atoms with E-state index in [2.05, 4.69) is 4.98 Å². The van der Waals surface area contributed by atoms with Gasteiger partial charge in [0.15, 0.2) is 0 Å². The van der Waals surface area contributed by atoms with Crippen LogP contribution in [-0.2, 0) is 20.7 Å². The number of nitrogens with zero attached hydrogens (tertiary/aromatic N) is 2. The number of methoxy groups -OCH3 is 1. The molecule has 0 aromatic carbocycles. The zero-order valence-corrected chi connectivity index (χ0v) is 12.7. The van der Waals surface area contributed by atoms with Crippen LogP contribution >= 0.6 is 0 Å². The summed E-state index contributed by atoms with van der Waals surface area (Å²) in [5, 5.41) is 0. The van der Waals surface area contributed by atoms with Gasteiger partial charge >= 0.3 is 5.97 Å². The minimum Gasteiger partial charge on any atom is -0.468 e. The highest BCUT2D eigenvalue weighted by Gasteiger charge is 2.29. The molecule has 0 aliphatic heterocycles. The van der Waals surface area contributed by atoms with Crippen LogP contribution in [-0.4, -0.2) is 41.5 Å². The van der Waals surface area contributed by atoms with Gasteiger partial charge in [-0.05, 0) is 31.4 Å². The molecular weight excluding hydrogens is 268 g/mol. The summed E-state index contributed by atoms with van der Waals surface area (Å²) in [5.41, 5.74) is 1.77. The molecule has 0 saturated heterocycles. The Morgan fingerprint density at radius 1 is 1.38 bits per heavy atom. The zero-order valence-electron chi connectivity index (χ0n) is 12.7. The van der Waals surface area contributed by atoms with Crippen LogP contribution in [0.4, 0.5) is 0 Å². The third-order valence-electron chi connectivity index (χ3n) is 4.05. The van der Waals surface area contributed by atoms with Gasteiger partial charge in [-0.3, -0.25) is 14.6 Å². The van der Waals surface area contributed by atoms with E-state index >= 15 is 0 Å². The maximum Gasteiger partial charge on any atom is 0.325 e. The molecule has 114 valence electrons. The van der Waals surface area contributed by atoms with Crippen molar-refractivity contribution in [1.82, 2.24) is 9.88 Å². The first-order chi connectivity index (χ1) is 10.1. The SMILES string of the molecule is COC(=O)CN(C(=O)Cc1ncccc1C)C1CCCC1. The number of carbonyl (C=O) groups excluding carboxylic acids is 2. The maximum absolute atomic E-state index is 12.6. The van der Waals surface area contributed by atoms with Gasteiger partial charge in [-0.25, -0.2) is 0 Å². The first-order valence-corrected chi connectivity index (χ1v) is 7.38. The number of carbonyl (C=O) groups is 2. The molecule has 1 aliphatic rings. The van der Waals surface area contributed by atoms with Crippen LogP contribution in [0.3, 0.4) is 0 Å². The van der Waals surface area contributed by atoms with Crippen molar-refractivity contribution in [2.24, 2.45) is 0 Å². The molecule has 0 bridgehead atoms. The number of aromatic nitrogens is 1. The smallest absolute Gasteiger partial charge is 0.325 e. The van der Waals surface area contributed by atoms with Gasteiger partial charge in [-0.15, -0.1) is 0 Å². The number of rotatable bonds is 5. The number of amides is 1. The quantitative estimate of drug-likeness (QED) is 0.777. The summed E-state index contributed by atoms with van der Waals surface area (Å²) < 4.78 is 4.72. The molecule has 0 N–H and O–H groups in total. The highest BCUT2D eigenvalue weighted by atomic mass is 16.5. The minimum absolute atomic E-state index is 0.0336. The Balaban J connectivity index is 2.10. The van der Waals surface area contributed by atoms with Crippen molar-refractivity contribution in [3.63, 3.8) is 0 Å². The summed E-state index contributed by atoms with van der Waals surface area (Å²) in [4.78, 5) is 30.1. The highest BCUT2D eigenvalue weighted by molar-refractivity contribution is 5.83. The third-order valence-corrected chi connectivity index (χ3v) is 4.05. The van der Waals surface area contributed by atoms with Crippen molar-refractivity contribution >= 4 is 11.9 Å². The number of hydrogen-bond donors (Lipinski definition) is 0. The molecule has 1 amide bonds. The van der Waals surface area contributed by atoms with Crippen LogP contribution in [0.25, 0.3) is 0 Å². The number of ether oxygens (including phenoxy) is 1. The van der Waals surface area contributed by atoms with Gasteiger partial charge in [0.2, 0.25) is 5.91 Å². The van der Waals surface area contributed by atoms with E-state index in [4.69, 9.17) is 4.74 Å². The van der Waals surface area contributed by atoms with Crippen molar-refractivity contribution in [2.75, 3.05) is 13.7 Å². The Kier molecular flexibility index (Phi) is 5.31. The van der Waals surface area contributed by atoms with Gasteiger partial charge in [0, 0.05) is 12.2 Å². The summed E-state index contributed by atoms with van der Waals surface area (Å²) in [6.07, 6.45) is 6.07. The summed E-state index contributed by atoms with van der Waals surface area (Å²) in [6, 6.07) is 3.95. The highest BCUT2D eigenvalue weighted by Crippen LogP contribution is 2.24. The van der Waals surface area contributed by atoms with Gasteiger partial charge in [0.1, 0.15) is 6.54 Å². The molecule has 1 fully saturated rings. The fourth-order valence-electron chi connectivity index (χ4n) is 2.79. The molecule has 5 nitrogen and oxygen atoms in total. The lowest BCUT2D eigenvalue weighted by Gasteiger charge is -2.28. The predicted octanol–water partition coefficient (Wildman–Crippen LogP) is 1.88. The summed E-state index contributed by atoms with van der Waals surface area (Å²) in [5.74, 6) is -0.415. The van der Waals surface area contributed by atoms with Gasteiger partial charge < -0.3 is 9.64 Å². The maximum atomic E-state index is 12.6. The van der Waals surface area contributed by atoms with E-state index in [1.54, 1.807) is 11.1 Å². The van der Waals surface area contributed by atoms with Gasteiger partial charge in [0.05, 0.1) is 19.2 Å². The Bertz CT molecular complexity index is 510. The van der Waals surface area contributed by atoms with Crippen LogP contribution in [0.15, 0.2) is 18.3 Å². The van der Waals surface area contributed by atoms with Crippen LogP contribution in [0.1, 0.15) is 36.9 Å². The van der Waals surface area contributed by atoms with Crippen molar-refractivity contribution in [1.29, 1.82) is 0 Å². The molecule has 21 heavy (non-hydrogen) atoms. The Morgan fingerprint density at radius 2 is 2.10 bits per heavy atom. The normalized spacial score (nSPS) is 15.0. The Morgan fingerprint density at radius 3 is 2.71 bits per heavy atom. The van der Waals surface area contributed by atoms with E-state index in [0.29, 0.717) is 0 Å². The molecule has 1 heterocycles. The monoisotopic (exact) mass is 290 g/mol. The number of hydrogen-bond acceptors (Lipinski definition) is 4. The molecule has 1 aliphatic carbocycles. The summed E-state index contributed by atoms with van der Waals surface area (Å²) >= 11 is 0. The largest absolute Gasteiger partial charge is 0.468 e. The van der Waals surface area contributed by atoms with Crippen LogP contribution in [0, 0.1) is 6.92 Å². The lowest BCUT2D eigenvalue weighted by Crippen LogP contribution is -2.43. The lowest BCUT2D eigenvalue weighted by molar-refractivity contribution is -0.148. The fraction of sp³-hybridized carbons (Fsp3) is 0.562. The van der Waals surface area contributed by atoms with Crippen LogP contribution in [0.5, 0.6) is 0 Å². The van der Waals surface area contributed by atoms with E-state index in [-0.39, 0.29) is 30.9 Å². The molecule has 5 heteroatoms. The Labute approximate surface area is 125 Å². The molecule has 0 atom stereocenters. The van der Waals surface area contributed by atoms with E-state index in [9.17, 15) is 9.59 Å². The van der Waals surface area contributed by atoms with Crippen LogP contribution < -0.4 is 0 Å². The second kappa shape index (κ2) is 7.20. The number of aryl methyl sites for hydroxylation is 1. The van der Waals surface area contributed by atoms with Crippen molar-refractivity contribution in [3.8, 4) is 0 Å². The molecule has 0 radical (unpaired) electrons. The lowest BCUT2D eigenvalue weighted by atomic mass is 10.1. The van der Waals surface area contributed by atoms with Gasteiger partial charge in [0.25, 0.3) is 0 Å². The van der Waals surface area contributed by atoms with Gasteiger partial charge in [-0.2, -0.15) is 0 Å². The summed E-state index contributed by atoms with van der Waals surface area (Å²) in [6.45, 7) is 1.97.